The molecule has 2 rings (SSSR count). The average Bonchev–Trinajstić information content (AvgIpc) is 2.77. The molecule has 0 aliphatic carbocycles. The highest BCUT2D eigenvalue weighted by atomic mass is 35.5. The lowest BCUT2D eigenvalue weighted by atomic mass is 10.2. The largest absolute Gasteiger partial charge is 0.348 e. The predicted octanol–water partition coefficient (Wildman–Crippen LogP) is 2.47. The van der Waals surface area contributed by atoms with Crippen LogP contribution < -0.4 is 5.32 Å². The fourth-order valence-corrected chi connectivity index (χ4v) is 2.30. The zero-order valence-electron chi connectivity index (χ0n) is 10.3. The molecule has 1 unspecified atom stereocenters. The van der Waals surface area contributed by atoms with Crippen LogP contribution in [0.1, 0.15) is 17.3 Å². The van der Waals surface area contributed by atoms with Crippen LogP contribution in [-0.4, -0.2) is 35.2 Å². The number of azo groups is 1. The van der Waals surface area contributed by atoms with Gasteiger partial charge in [0.1, 0.15) is 0 Å². The summed E-state index contributed by atoms with van der Waals surface area (Å²) >= 11 is 11.0. The summed E-state index contributed by atoms with van der Waals surface area (Å²) in [5, 5.41) is 11.5. The molecule has 1 N–H and O–H groups in total. The van der Waals surface area contributed by atoms with Gasteiger partial charge in [-0.3, -0.25) is 4.79 Å². The van der Waals surface area contributed by atoms with Crippen LogP contribution in [0.25, 0.3) is 0 Å². The fraction of sp³-hybridized carbons (Fsp3) is 0.333. The van der Waals surface area contributed by atoms with Gasteiger partial charge in [0, 0.05) is 6.54 Å². The summed E-state index contributed by atoms with van der Waals surface area (Å²) in [5.41, 5.74) is 0.449. The highest BCUT2D eigenvalue weighted by molar-refractivity contribution is 7.80. The van der Waals surface area contributed by atoms with Crippen LogP contribution in [0.3, 0.4) is 0 Å². The van der Waals surface area contributed by atoms with E-state index in [1.54, 1.807) is 24.3 Å². The van der Waals surface area contributed by atoms with Gasteiger partial charge < -0.3 is 10.2 Å². The molecule has 1 aromatic rings. The Morgan fingerprint density at radius 1 is 1.53 bits per heavy atom. The maximum atomic E-state index is 12.0. The third kappa shape index (κ3) is 3.08. The first kappa shape index (κ1) is 13.9. The van der Waals surface area contributed by atoms with Crippen LogP contribution in [0.15, 0.2) is 34.5 Å². The maximum absolute atomic E-state index is 12.0. The van der Waals surface area contributed by atoms with E-state index in [2.05, 4.69) is 15.5 Å². The normalized spacial score (nSPS) is 17.9. The maximum Gasteiger partial charge on any atom is 0.252 e. The van der Waals surface area contributed by atoms with Crippen molar-refractivity contribution in [3.05, 3.63) is 34.9 Å². The van der Waals surface area contributed by atoms with Crippen molar-refractivity contribution in [3.8, 4) is 0 Å². The molecule has 1 heterocycles. The van der Waals surface area contributed by atoms with Crippen molar-refractivity contribution in [2.45, 2.75) is 13.1 Å². The molecule has 1 aromatic carbocycles. The first-order chi connectivity index (χ1) is 9.13. The van der Waals surface area contributed by atoms with Gasteiger partial charge in [0.25, 0.3) is 5.91 Å². The highest BCUT2D eigenvalue weighted by Crippen LogP contribution is 2.15. The fourth-order valence-electron chi connectivity index (χ4n) is 1.78. The van der Waals surface area contributed by atoms with E-state index in [1.165, 1.54) is 0 Å². The lowest BCUT2D eigenvalue weighted by molar-refractivity contribution is 0.0945. The first-order valence-corrected chi connectivity index (χ1v) is 6.66. The van der Waals surface area contributed by atoms with E-state index in [1.807, 2.05) is 11.8 Å². The van der Waals surface area contributed by atoms with Gasteiger partial charge in [0.2, 0.25) is 5.11 Å². The minimum atomic E-state index is -0.232. The van der Waals surface area contributed by atoms with Crippen LogP contribution in [0.5, 0.6) is 0 Å². The third-order valence-corrected chi connectivity index (χ3v) is 3.43. The Bertz CT molecular complexity index is 534. The highest BCUT2D eigenvalue weighted by Gasteiger charge is 2.25. The molecule has 1 atom stereocenters. The molecule has 0 fully saturated rings. The second-order valence-corrected chi connectivity index (χ2v) is 4.73. The molecule has 1 aliphatic heterocycles. The van der Waals surface area contributed by atoms with E-state index < -0.39 is 0 Å². The van der Waals surface area contributed by atoms with Gasteiger partial charge in [0.15, 0.2) is 6.17 Å². The molecule has 19 heavy (non-hydrogen) atoms. The molecule has 1 aliphatic rings. The summed E-state index contributed by atoms with van der Waals surface area (Å²) in [6, 6.07) is 6.90. The monoisotopic (exact) mass is 296 g/mol. The van der Waals surface area contributed by atoms with Gasteiger partial charge in [-0.15, -0.1) is 5.11 Å². The Hall–Kier alpha value is -1.53. The number of nitrogens with one attached hydrogen (secondary N) is 1. The lowest BCUT2D eigenvalue weighted by Gasteiger charge is -2.21. The number of benzene rings is 1. The van der Waals surface area contributed by atoms with Gasteiger partial charge in [0.05, 0.1) is 17.1 Å². The van der Waals surface area contributed by atoms with E-state index in [9.17, 15) is 4.79 Å². The van der Waals surface area contributed by atoms with Crippen molar-refractivity contribution in [2.24, 2.45) is 10.2 Å². The molecule has 0 spiro atoms. The molecule has 1 amide bonds. The van der Waals surface area contributed by atoms with Gasteiger partial charge in [-0.1, -0.05) is 23.7 Å². The Morgan fingerprint density at radius 2 is 2.26 bits per heavy atom. The smallest absolute Gasteiger partial charge is 0.252 e. The Labute approximate surface area is 121 Å². The molecule has 0 aromatic heterocycles. The second kappa shape index (κ2) is 6.08. The number of likely N-dealkylation sites (N-methyl/N-ethyl adjacent to an activating group) is 1. The quantitative estimate of drug-likeness (QED) is 0.868. The predicted molar refractivity (Wildman–Crippen MR) is 77.4 cm³/mol. The van der Waals surface area contributed by atoms with Crippen LogP contribution in [0.4, 0.5) is 0 Å². The zero-order valence-corrected chi connectivity index (χ0v) is 11.9. The molecule has 0 saturated carbocycles. The topological polar surface area (TPSA) is 57.1 Å². The van der Waals surface area contributed by atoms with E-state index >= 15 is 0 Å². The average molecular weight is 297 g/mol. The summed E-state index contributed by atoms with van der Waals surface area (Å²) < 4.78 is 0. The summed E-state index contributed by atoms with van der Waals surface area (Å²) in [7, 11) is 0. The number of carbonyl (C=O) groups excluding carboxylic acids is 1. The number of halogens is 1. The summed E-state index contributed by atoms with van der Waals surface area (Å²) in [6.45, 7) is 3.02. The van der Waals surface area contributed by atoms with Gasteiger partial charge in [-0.05, 0) is 31.3 Å². The lowest BCUT2D eigenvalue weighted by Crippen LogP contribution is -2.41. The zero-order chi connectivity index (χ0) is 13.8. The SMILES string of the molecule is CCN1C(=S)N=NC1CNC(=O)c1ccccc1Cl. The summed E-state index contributed by atoms with van der Waals surface area (Å²) in [5.74, 6) is -0.227. The van der Waals surface area contributed by atoms with Crippen LogP contribution in [0, 0.1) is 0 Å². The third-order valence-electron chi connectivity index (χ3n) is 2.79. The number of rotatable bonds is 4. The Kier molecular flexibility index (Phi) is 4.44. The minimum absolute atomic E-state index is 0.227. The molecule has 0 saturated heterocycles. The Balaban J connectivity index is 1.96. The van der Waals surface area contributed by atoms with E-state index in [4.69, 9.17) is 23.8 Å². The van der Waals surface area contributed by atoms with Crippen LogP contribution in [0.2, 0.25) is 5.02 Å². The molecular weight excluding hydrogens is 284 g/mol. The standard InChI is InChI=1S/C12H13ClN4OS/c1-2-17-10(15-16-12(17)19)7-14-11(18)8-5-3-4-6-9(8)13/h3-6,10H,2,7H2,1H3,(H,14,18). The van der Waals surface area contributed by atoms with Crippen molar-refractivity contribution in [2.75, 3.05) is 13.1 Å². The second-order valence-electron chi connectivity index (χ2n) is 3.95. The number of amides is 1. The molecule has 0 radical (unpaired) electrons. The molecule has 100 valence electrons. The first-order valence-electron chi connectivity index (χ1n) is 5.87. The number of carbonyl (C=O) groups is 1. The van der Waals surface area contributed by atoms with Gasteiger partial charge >= 0.3 is 0 Å². The number of hydrogen-bond acceptors (Lipinski definition) is 3. The van der Waals surface area contributed by atoms with Crippen molar-refractivity contribution in [3.63, 3.8) is 0 Å². The minimum Gasteiger partial charge on any atom is -0.348 e. The van der Waals surface area contributed by atoms with E-state index in [0.29, 0.717) is 28.8 Å². The Morgan fingerprint density at radius 3 is 2.95 bits per heavy atom. The van der Waals surface area contributed by atoms with E-state index in [-0.39, 0.29) is 12.1 Å². The van der Waals surface area contributed by atoms with Crippen molar-refractivity contribution in [1.29, 1.82) is 0 Å². The number of thiocarbonyl (C=S) groups is 1. The molecule has 0 bridgehead atoms. The van der Waals surface area contributed by atoms with Crippen LogP contribution in [-0.2, 0) is 0 Å². The molecular formula is C12H13ClN4OS. The van der Waals surface area contributed by atoms with Crippen molar-refractivity contribution >= 4 is 34.8 Å². The molecule has 7 heteroatoms. The van der Waals surface area contributed by atoms with Crippen molar-refractivity contribution in [1.82, 2.24) is 10.2 Å². The molecule has 5 nitrogen and oxygen atoms in total. The number of nitrogens with zero attached hydrogens (tertiary/aromatic N) is 3. The number of hydrogen-bond donors (Lipinski definition) is 1. The van der Waals surface area contributed by atoms with Crippen LogP contribution >= 0.6 is 23.8 Å². The van der Waals surface area contributed by atoms with Crippen molar-refractivity contribution < 1.29 is 4.79 Å². The van der Waals surface area contributed by atoms with E-state index in [0.717, 1.165) is 0 Å². The van der Waals surface area contributed by atoms with Gasteiger partial charge in [-0.25, -0.2) is 0 Å². The van der Waals surface area contributed by atoms with Gasteiger partial charge in [-0.2, -0.15) is 5.11 Å². The summed E-state index contributed by atoms with van der Waals surface area (Å²) in [6.07, 6.45) is -0.232. The summed E-state index contributed by atoms with van der Waals surface area (Å²) in [4.78, 5) is 13.8.